The van der Waals surface area contributed by atoms with Crippen molar-refractivity contribution in [3.63, 3.8) is 0 Å². The molecule has 1 atom stereocenters. The number of hydrogen-bond acceptors (Lipinski definition) is 3. The number of aliphatic carboxylic acids is 1. The Morgan fingerprint density at radius 2 is 1.97 bits per heavy atom. The average molecular weight is 410 g/mol. The van der Waals surface area contributed by atoms with Crippen molar-refractivity contribution in [1.29, 1.82) is 0 Å². The number of nitrogens with zero attached hydrogens (tertiary/aromatic N) is 1. The average Bonchev–Trinajstić information content (AvgIpc) is 2.70. The van der Waals surface area contributed by atoms with E-state index in [1.807, 2.05) is 18.2 Å². The van der Waals surface area contributed by atoms with Crippen LogP contribution in [-0.4, -0.2) is 41.7 Å². The highest BCUT2D eigenvalue weighted by Crippen LogP contribution is 2.32. The van der Waals surface area contributed by atoms with Crippen LogP contribution in [0.1, 0.15) is 36.5 Å². The van der Waals surface area contributed by atoms with Crippen molar-refractivity contribution in [3.05, 3.63) is 70.5 Å². The van der Waals surface area contributed by atoms with Gasteiger partial charge in [-0.1, -0.05) is 29.8 Å². The van der Waals surface area contributed by atoms with Crippen LogP contribution < -0.4 is 4.74 Å². The maximum atomic E-state index is 13.0. The standard InChI is InChI=1S/C25H28FNO3/c1-17(27-15-22(16-27)25(28)29)19-6-7-21-14-24(11-8-20(21)13-19)30-12-2-3-18-4-9-23(26)10-5-18/h4-5,8-11,13-14,17,22H,2-3,6-7,12,15-16H2,1H3,(H,28,29). The molecule has 1 unspecified atom stereocenters. The van der Waals surface area contributed by atoms with Crippen LogP contribution in [0.25, 0.3) is 6.08 Å². The number of hydrogen-bond donors (Lipinski definition) is 1. The minimum Gasteiger partial charge on any atom is -0.494 e. The molecule has 4 nitrogen and oxygen atoms in total. The van der Waals surface area contributed by atoms with Gasteiger partial charge in [0.1, 0.15) is 11.6 Å². The Bertz CT molecular complexity index is 932. The highest BCUT2D eigenvalue weighted by atomic mass is 19.1. The first kappa shape index (κ1) is 20.6. The van der Waals surface area contributed by atoms with Crippen molar-refractivity contribution in [2.24, 2.45) is 5.92 Å². The highest BCUT2D eigenvalue weighted by molar-refractivity contribution is 5.71. The number of carbonyl (C=O) groups is 1. The summed E-state index contributed by atoms with van der Waals surface area (Å²) in [4.78, 5) is 13.3. The summed E-state index contributed by atoms with van der Waals surface area (Å²) in [6, 6.07) is 13.2. The van der Waals surface area contributed by atoms with E-state index >= 15 is 0 Å². The third-order valence-corrected chi connectivity index (χ3v) is 6.27. The Kier molecular flexibility index (Phi) is 6.18. The van der Waals surface area contributed by atoms with Crippen LogP contribution in [0, 0.1) is 11.7 Å². The number of fused-ring (bicyclic) bond motifs is 1. The number of carboxylic acid groups (broad SMARTS) is 1. The molecule has 1 aliphatic carbocycles. The predicted molar refractivity (Wildman–Crippen MR) is 115 cm³/mol. The molecule has 0 saturated carbocycles. The van der Waals surface area contributed by atoms with Crippen molar-refractivity contribution < 1.29 is 19.0 Å². The maximum Gasteiger partial charge on any atom is 0.309 e. The van der Waals surface area contributed by atoms with Crippen LogP contribution in [0.3, 0.4) is 0 Å². The fourth-order valence-electron chi connectivity index (χ4n) is 4.25. The smallest absolute Gasteiger partial charge is 0.309 e. The van der Waals surface area contributed by atoms with Gasteiger partial charge < -0.3 is 9.84 Å². The lowest BCUT2D eigenvalue weighted by atomic mass is 9.86. The SMILES string of the molecule is CC(C1=Cc2ccc(OCCCc3ccc(F)cc3)cc2CC1)N1CC(C(=O)O)C1. The van der Waals surface area contributed by atoms with Gasteiger partial charge in [-0.3, -0.25) is 9.69 Å². The van der Waals surface area contributed by atoms with Gasteiger partial charge in [-0.15, -0.1) is 0 Å². The van der Waals surface area contributed by atoms with Crippen molar-refractivity contribution in [3.8, 4) is 5.75 Å². The van der Waals surface area contributed by atoms with Gasteiger partial charge in [-0.2, -0.15) is 0 Å². The van der Waals surface area contributed by atoms with E-state index in [-0.39, 0.29) is 17.8 Å². The largest absolute Gasteiger partial charge is 0.494 e. The third kappa shape index (κ3) is 4.73. The molecule has 1 aliphatic heterocycles. The second-order valence-corrected chi connectivity index (χ2v) is 8.32. The molecular weight excluding hydrogens is 381 g/mol. The maximum absolute atomic E-state index is 13.0. The van der Waals surface area contributed by atoms with Crippen LogP contribution in [0.2, 0.25) is 0 Å². The highest BCUT2D eigenvalue weighted by Gasteiger charge is 2.36. The number of benzene rings is 2. The van der Waals surface area contributed by atoms with E-state index in [1.54, 1.807) is 0 Å². The summed E-state index contributed by atoms with van der Waals surface area (Å²) in [6.45, 7) is 4.10. The molecular formula is C25H28FNO3. The van der Waals surface area contributed by atoms with Crippen molar-refractivity contribution in [2.75, 3.05) is 19.7 Å². The van der Waals surface area contributed by atoms with Gasteiger partial charge in [0, 0.05) is 19.1 Å². The van der Waals surface area contributed by atoms with Crippen LogP contribution in [0.15, 0.2) is 48.0 Å². The summed E-state index contributed by atoms with van der Waals surface area (Å²) in [5.74, 6) is -0.215. The Hall–Kier alpha value is -2.66. The fraction of sp³-hybridized carbons (Fsp3) is 0.400. The van der Waals surface area contributed by atoms with Gasteiger partial charge >= 0.3 is 5.97 Å². The molecule has 30 heavy (non-hydrogen) atoms. The Balaban J connectivity index is 1.29. The summed E-state index contributed by atoms with van der Waals surface area (Å²) >= 11 is 0. The molecule has 5 heteroatoms. The second kappa shape index (κ2) is 9.00. The first-order chi connectivity index (χ1) is 14.5. The fourth-order valence-corrected chi connectivity index (χ4v) is 4.25. The molecule has 0 spiro atoms. The van der Waals surface area contributed by atoms with Gasteiger partial charge in [0.05, 0.1) is 12.5 Å². The van der Waals surface area contributed by atoms with Gasteiger partial charge in [-0.05, 0) is 73.6 Å². The second-order valence-electron chi connectivity index (χ2n) is 8.32. The van der Waals surface area contributed by atoms with Crippen LogP contribution in [0.5, 0.6) is 5.75 Å². The van der Waals surface area contributed by atoms with Gasteiger partial charge in [0.15, 0.2) is 0 Å². The van der Waals surface area contributed by atoms with E-state index in [9.17, 15) is 9.18 Å². The summed E-state index contributed by atoms with van der Waals surface area (Å²) in [5.41, 5.74) is 5.03. The Labute approximate surface area is 177 Å². The lowest BCUT2D eigenvalue weighted by molar-refractivity contribution is -0.148. The lowest BCUT2D eigenvalue weighted by Gasteiger charge is -2.42. The Morgan fingerprint density at radius 1 is 1.20 bits per heavy atom. The molecule has 2 aromatic rings. The van der Waals surface area contributed by atoms with Gasteiger partial charge in [-0.25, -0.2) is 4.39 Å². The molecule has 1 N–H and O–H groups in total. The topological polar surface area (TPSA) is 49.8 Å². The van der Waals surface area contributed by atoms with Crippen LogP contribution >= 0.6 is 0 Å². The Morgan fingerprint density at radius 3 is 2.70 bits per heavy atom. The van der Waals surface area contributed by atoms with E-state index in [4.69, 9.17) is 9.84 Å². The van der Waals surface area contributed by atoms with Crippen LogP contribution in [0.4, 0.5) is 4.39 Å². The monoisotopic (exact) mass is 409 g/mol. The molecule has 2 aromatic carbocycles. The van der Waals surface area contributed by atoms with E-state index in [0.29, 0.717) is 19.7 Å². The number of halogens is 1. The molecule has 1 fully saturated rings. The van der Waals surface area contributed by atoms with Gasteiger partial charge in [0.2, 0.25) is 0 Å². The zero-order valence-electron chi connectivity index (χ0n) is 17.3. The van der Waals surface area contributed by atoms with E-state index < -0.39 is 5.97 Å². The number of rotatable bonds is 8. The van der Waals surface area contributed by atoms with Crippen molar-refractivity contribution >= 4 is 12.0 Å². The quantitative estimate of drug-likeness (QED) is 0.649. The predicted octanol–water partition coefficient (Wildman–Crippen LogP) is 4.57. The van der Waals surface area contributed by atoms with Gasteiger partial charge in [0.25, 0.3) is 0 Å². The van der Waals surface area contributed by atoms with E-state index in [1.165, 1.54) is 28.8 Å². The lowest BCUT2D eigenvalue weighted by Crippen LogP contribution is -2.54. The van der Waals surface area contributed by atoms with E-state index in [0.717, 1.165) is 37.0 Å². The number of aryl methyl sites for hydroxylation is 2. The van der Waals surface area contributed by atoms with Crippen LogP contribution in [-0.2, 0) is 17.6 Å². The third-order valence-electron chi connectivity index (χ3n) is 6.27. The number of ether oxygens (including phenoxy) is 1. The first-order valence-electron chi connectivity index (χ1n) is 10.7. The number of likely N-dealkylation sites (tertiary alicyclic amines) is 1. The van der Waals surface area contributed by atoms with E-state index in [2.05, 4.69) is 30.0 Å². The molecule has 2 aliphatic rings. The summed E-state index contributed by atoms with van der Waals surface area (Å²) in [5, 5.41) is 9.08. The van der Waals surface area contributed by atoms with Crippen molar-refractivity contribution in [1.82, 2.24) is 4.90 Å². The summed E-state index contributed by atoms with van der Waals surface area (Å²) in [6.07, 6.45) is 5.99. The number of carboxylic acids is 1. The zero-order chi connectivity index (χ0) is 21.1. The molecule has 4 rings (SSSR count). The minimum atomic E-state index is -0.688. The molecule has 1 heterocycles. The summed E-state index contributed by atoms with van der Waals surface area (Å²) in [7, 11) is 0. The summed E-state index contributed by atoms with van der Waals surface area (Å²) < 4.78 is 18.9. The molecule has 0 amide bonds. The van der Waals surface area contributed by atoms with Crippen molar-refractivity contribution in [2.45, 2.75) is 38.6 Å². The molecule has 0 aromatic heterocycles. The molecule has 1 saturated heterocycles. The first-order valence-corrected chi connectivity index (χ1v) is 10.7. The zero-order valence-corrected chi connectivity index (χ0v) is 17.3. The minimum absolute atomic E-state index is 0.204. The molecule has 0 radical (unpaired) electrons. The normalized spacial score (nSPS) is 17.6. The molecule has 158 valence electrons. The molecule has 0 bridgehead atoms.